The standard InChI is InChI=1S/C26H18BrNO5/c1-31-18-10-11-21-20(13-18)16(14-32-21)12-23(29)28-24-19-4-2-3-5-22(19)33-26(24)25(30)15-6-8-17(27)9-7-15/h2-11,13-14H,12H2,1H3,(H,28,29). The number of ketones is 1. The largest absolute Gasteiger partial charge is 0.497 e. The van der Waals surface area contributed by atoms with Gasteiger partial charge in [0.15, 0.2) is 5.76 Å². The van der Waals surface area contributed by atoms with Gasteiger partial charge in [-0.2, -0.15) is 0 Å². The van der Waals surface area contributed by atoms with Gasteiger partial charge < -0.3 is 18.9 Å². The lowest BCUT2D eigenvalue weighted by Crippen LogP contribution is -2.16. The Kier molecular flexibility index (Phi) is 5.48. The first kappa shape index (κ1) is 21.0. The third-order valence-corrected chi connectivity index (χ3v) is 5.91. The van der Waals surface area contributed by atoms with Gasteiger partial charge in [-0.15, -0.1) is 0 Å². The summed E-state index contributed by atoms with van der Waals surface area (Å²) in [4.78, 5) is 26.2. The number of anilines is 1. The highest BCUT2D eigenvalue weighted by atomic mass is 79.9. The maximum atomic E-state index is 13.2. The topological polar surface area (TPSA) is 81.7 Å². The fourth-order valence-electron chi connectivity index (χ4n) is 3.74. The van der Waals surface area contributed by atoms with Crippen LogP contribution < -0.4 is 10.1 Å². The third kappa shape index (κ3) is 4.03. The van der Waals surface area contributed by atoms with Crippen LogP contribution in [-0.4, -0.2) is 18.8 Å². The van der Waals surface area contributed by atoms with Crippen LogP contribution in [0.2, 0.25) is 0 Å². The van der Waals surface area contributed by atoms with Gasteiger partial charge in [0.1, 0.15) is 16.9 Å². The fraction of sp³-hybridized carbons (Fsp3) is 0.0769. The zero-order valence-electron chi connectivity index (χ0n) is 17.6. The van der Waals surface area contributed by atoms with E-state index in [1.165, 1.54) is 0 Å². The van der Waals surface area contributed by atoms with Gasteiger partial charge in [-0.3, -0.25) is 9.59 Å². The number of halogens is 1. The predicted molar refractivity (Wildman–Crippen MR) is 129 cm³/mol. The van der Waals surface area contributed by atoms with E-state index in [0.717, 1.165) is 15.4 Å². The lowest BCUT2D eigenvalue weighted by molar-refractivity contribution is -0.115. The van der Waals surface area contributed by atoms with Gasteiger partial charge >= 0.3 is 0 Å². The highest BCUT2D eigenvalue weighted by Gasteiger charge is 2.24. The van der Waals surface area contributed by atoms with Crippen molar-refractivity contribution in [1.82, 2.24) is 0 Å². The first-order chi connectivity index (χ1) is 16.0. The Morgan fingerprint density at radius 3 is 2.55 bits per heavy atom. The van der Waals surface area contributed by atoms with Gasteiger partial charge in [-0.25, -0.2) is 0 Å². The van der Waals surface area contributed by atoms with Gasteiger partial charge in [-0.1, -0.05) is 28.1 Å². The van der Waals surface area contributed by atoms with E-state index in [1.54, 1.807) is 55.8 Å². The molecule has 164 valence electrons. The molecule has 0 fully saturated rings. The number of rotatable bonds is 6. The molecule has 0 aliphatic carbocycles. The molecule has 0 unspecified atom stereocenters. The molecule has 0 aliphatic rings. The molecule has 0 saturated carbocycles. The second kappa shape index (κ2) is 8.60. The van der Waals surface area contributed by atoms with E-state index in [2.05, 4.69) is 21.2 Å². The van der Waals surface area contributed by atoms with Crippen molar-refractivity contribution in [3.63, 3.8) is 0 Å². The number of methoxy groups -OCH3 is 1. The Balaban J connectivity index is 1.48. The highest BCUT2D eigenvalue weighted by molar-refractivity contribution is 9.10. The average molecular weight is 504 g/mol. The van der Waals surface area contributed by atoms with Crippen molar-refractivity contribution in [2.75, 3.05) is 12.4 Å². The molecule has 6 nitrogen and oxygen atoms in total. The number of benzene rings is 3. The number of hydrogen-bond donors (Lipinski definition) is 1. The lowest BCUT2D eigenvalue weighted by atomic mass is 10.1. The minimum Gasteiger partial charge on any atom is -0.497 e. The molecule has 0 aliphatic heterocycles. The Morgan fingerprint density at radius 1 is 0.970 bits per heavy atom. The molecule has 2 aromatic heterocycles. The van der Waals surface area contributed by atoms with Crippen LogP contribution in [0.4, 0.5) is 5.69 Å². The lowest BCUT2D eigenvalue weighted by Gasteiger charge is -2.06. The summed E-state index contributed by atoms with van der Waals surface area (Å²) < 4.78 is 17.6. The smallest absolute Gasteiger partial charge is 0.230 e. The van der Waals surface area contributed by atoms with Gasteiger partial charge in [0.2, 0.25) is 11.7 Å². The van der Waals surface area contributed by atoms with Gasteiger partial charge in [0.25, 0.3) is 0 Å². The molecule has 0 saturated heterocycles. The third-order valence-electron chi connectivity index (χ3n) is 5.38. The van der Waals surface area contributed by atoms with Crippen LogP contribution in [0.25, 0.3) is 21.9 Å². The number of ether oxygens (including phenoxy) is 1. The Hall–Kier alpha value is -3.84. The highest BCUT2D eigenvalue weighted by Crippen LogP contribution is 2.33. The zero-order valence-corrected chi connectivity index (χ0v) is 19.1. The summed E-state index contributed by atoms with van der Waals surface area (Å²) in [6, 6.07) is 19.6. The van der Waals surface area contributed by atoms with E-state index >= 15 is 0 Å². The molecule has 0 atom stereocenters. The summed E-state index contributed by atoms with van der Waals surface area (Å²) >= 11 is 3.37. The molecular weight excluding hydrogens is 486 g/mol. The molecule has 0 bridgehead atoms. The van der Waals surface area contributed by atoms with Crippen molar-refractivity contribution in [1.29, 1.82) is 0 Å². The fourth-order valence-corrected chi connectivity index (χ4v) is 4.01. The monoisotopic (exact) mass is 503 g/mol. The van der Waals surface area contributed by atoms with Crippen molar-refractivity contribution in [3.05, 3.63) is 94.4 Å². The van der Waals surface area contributed by atoms with Gasteiger partial charge in [0.05, 0.1) is 25.5 Å². The molecule has 1 N–H and O–H groups in total. The van der Waals surface area contributed by atoms with E-state index in [-0.39, 0.29) is 23.9 Å². The quantitative estimate of drug-likeness (QED) is 0.272. The molecule has 5 aromatic rings. The van der Waals surface area contributed by atoms with E-state index in [0.29, 0.717) is 33.6 Å². The van der Waals surface area contributed by atoms with Crippen LogP contribution in [0.3, 0.4) is 0 Å². The molecule has 2 heterocycles. The van der Waals surface area contributed by atoms with Crippen LogP contribution >= 0.6 is 15.9 Å². The Bertz CT molecular complexity index is 1500. The van der Waals surface area contributed by atoms with Crippen LogP contribution in [0.15, 0.2) is 86.3 Å². The van der Waals surface area contributed by atoms with Crippen LogP contribution in [-0.2, 0) is 11.2 Å². The number of furan rings is 2. The first-order valence-corrected chi connectivity index (χ1v) is 11.0. The summed E-state index contributed by atoms with van der Waals surface area (Å²) in [6.07, 6.45) is 1.62. The van der Waals surface area contributed by atoms with Gasteiger partial charge in [-0.05, 0) is 54.6 Å². The van der Waals surface area contributed by atoms with E-state index in [1.807, 2.05) is 24.3 Å². The van der Waals surface area contributed by atoms with Crippen molar-refractivity contribution in [2.45, 2.75) is 6.42 Å². The Labute approximate surface area is 197 Å². The van der Waals surface area contributed by atoms with E-state index < -0.39 is 0 Å². The SMILES string of the molecule is COc1ccc2occ(CC(=O)Nc3c(C(=O)c4ccc(Br)cc4)oc4ccccc34)c2c1. The molecule has 1 amide bonds. The van der Waals surface area contributed by atoms with Gasteiger partial charge in [0, 0.05) is 26.4 Å². The van der Waals surface area contributed by atoms with Crippen molar-refractivity contribution >= 4 is 55.2 Å². The number of hydrogen-bond acceptors (Lipinski definition) is 5. The zero-order chi connectivity index (χ0) is 22.9. The summed E-state index contributed by atoms with van der Waals surface area (Å²) in [5.74, 6) is 0.156. The number of nitrogens with one attached hydrogen (secondary N) is 1. The number of carbonyl (C=O) groups excluding carboxylic acids is 2. The number of amides is 1. The molecule has 7 heteroatoms. The normalized spacial score (nSPS) is 11.1. The summed E-state index contributed by atoms with van der Waals surface area (Å²) in [6.45, 7) is 0. The summed E-state index contributed by atoms with van der Waals surface area (Å²) in [5, 5.41) is 4.35. The maximum absolute atomic E-state index is 13.2. The summed E-state index contributed by atoms with van der Waals surface area (Å²) in [5.41, 5.74) is 2.72. The van der Waals surface area contributed by atoms with Crippen molar-refractivity contribution in [3.8, 4) is 5.75 Å². The van der Waals surface area contributed by atoms with Crippen LogP contribution in [0, 0.1) is 0 Å². The second-order valence-electron chi connectivity index (χ2n) is 7.49. The minimum absolute atomic E-state index is 0.0611. The summed E-state index contributed by atoms with van der Waals surface area (Å²) in [7, 11) is 1.58. The molecular formula is C26H18BrNO5. The number of para-hydroxylation sites is 1. The number of carbonyl (C=O) groups is 2. The molecule has 3 aromatic carbocycles. The van der Waals surface area contributed by atoms with Crippen molar-refractivity contribution in [2.24, 2.45) is 0 Å². The van der Waals surface area contributed by atoms with Crippen molar-refractivity contribution < 1.29 is 23.2 Å². The Morgan fingerprint density at radius 2 is 1.76 bits per heavy atom. The van der Waals surface area contributed by atoms with Crippen LogP contribution in [0.5, 0.6) is 5.75 Å². The molecule has 0 radical (unpaired) electrons. The van der Waals surface area contributed by atoms with E-state index in [4.69, 9.17) is 13.6 Å². The molecule has 5 rings (SSSR count). The second-order valence-corrected chi connectivity index (χ2v) is 8.40. The predicted octanol–water partition coefficient (Wildman–Crippen LogP) is 6.36. The average Bonchev–Trinajstić information content (AvgIpc) is 3.40. The first-order valence-electron chi connectivity index (χ1n) is 10.2. The maximum Gasteiger partial charge on any atom is 0.230 e. The number of fused-ring (bicyclic) bond motifs is 2. The molecule has 0 spiro atoms. The van der Waals surface area contributed by atoms with E-state index in [9.17, 15) is 9.59 Å². The van der Waals surface area contributed by atoms with Crippen LogP contribution in [0.1, 0.15) is 21.7 Å². The minimum atomic E-state index is -0.313. The molecule has 33 heavy (non-hydrogen) atoms.